The van der Waals surface area contributed by atoms with Crippen molar-refractivity contribution in [2.45, 2.75) is 106 Å². The number of carbonyl (C=O) groups excluding carboxylic acids is 2. The maximum absolute atomic E-state index is 11.7. The van der Waals surface area contributed by atoms with Gasteiger partial charge in [-0.25, -0.2) is 0 Å². The second-order valence-corrected chi connectivity index (χ2v) is 9.81. The lowest BCUT2D eigenvalue weighted by atomic mass is 9.94. The molecule has 2 amide bonds. The van der Waals surface area contributed by atoms with E-state index in [1.807, 2.05) is 0 Å². The first-order valence-corrected chi connectivity index (χ1v) is 12.6. The molecule has 0 aliphatic carbocycles. The van der Waals surface area contributed by atoms with E-state index in [4.69, 9.17) is 23.7 Å². The van der Waals surface area contributed by atoms with Crippen molar-refractivity contribution in [1.82, 2.24) is 10.6 Å². The third-order valence-electron chi connectivity index (χ3n) is 6.90. The van der Waals surface area contributed by atoms with Crippen LogP contribution < -0.4 is 10.6 Å². The van der Waals surface area contributed by atoms with Crippen molar-refractivity contribution in [3.8, 4) is 0 Å². The van der Waals surface area contributed by atoms with Crippen LogP contribution in [0.3, 0.4) is 0 Å². The van der Waals surface area contributed by atoms with Gasteiger partial charge in [-0.2, -0.15) is 0 Å². The highest BCUT2D eigenvalue weighted by atomic mass is 16.7. The molecule has 3 aliphatic heterocycles. The number of aliphatic hydroxyl groups is 9. The fraction of sp³-hybridized carbons (Fsp3) is 0.909. The zero-order valence-corrected chi connectivity index (χ0v) is 21.7. The molecule has 10 unspecified atom stereocenters. The molecule has 11 N–H and O–H groups in total. The maximum Gasteiger partial charge on any atom is 0.217 e. The molecule has 0 radical (unpaired) electrons. The first-order chi connectivity index (χ1) is 18.8. The zero-order chi connectivity index (χ0) is 29.9. The van der Waals surface area contributed by atoms with Gasteiger partial charge in [0, 0.05) is 13.8 Å². The number of ether oxygens (including phenoxy) is 5. The lowest BCUT2D eigenvalue weighted by Crippen LogP contribution is -2.69. The average molecular weight is 587 g/mol. The van der Waals surface area contributed by atoms with Gasteiger partial charge >= 0.3 is 0 Å². The third-order valence-corrected chi connectivity index (χ3v) is 6.90. The normalized spacial score (nSPS) is 46.0. The summed E-state index contributed by atoms with van der Waals surface area (Å²) in [5, 5.41) is 96.7. The molecule has 0 aromatic rings. The topological polar surface area (TPSA) is 286 Å². The molecule has 232 valence electrons. The minimum Gasteiger partial charge on any atom is -0.394 e. The van der Waals surface area contributed by atoms with Crippen LogP contribution in [0.25, 0.3) is 0 Å². The van der Waals surface area contributed by atoms with E-state index in [9.17, 15) is 55.5 Å². The standard InChI is InChI=1S/C22H38N2O16/c1-6(28)23-11-15(32)13(30)8(3-25)37-21(11)39-18-10(5-27)36-20(35)19(17(18)34)40-22-12(24-7(2)29)16(33)14(31)9(4-26)38-22/h8-22,25-27,30-35H,3-5H2,1-2H3,(H,23,28)(H,24,29)/t8?,9?,10?,11?,12?,13-,14-,15-,16-,17+,18?,19?,20?,21?,22?/m1/s1. The van der Waals surface area contributed by atoms with Crippen LogP contribution in [0, 0.1) is 0 Å². The Kier molecular flexibility index (Phi) is 11.5. The van der Waals surface area contributed by atoms with Crippen LogP contribution in [0.5, 0.6) is 0 Å². The molecule has 3 heterocycles. The van der Waals surface area contributed by atoms with Crippen molar-refractivity contribution in [2.24, 2.45) is 0 Å². The number of carbonyl (C=O) groups is 2. The lowest BCUT2D eigenvalue weighted by molar-refractivity contribution is -0.369. The minimum atomic E-state index is -1.94. The van der Waals surface area contributed by atoms with E-state index in [1.54, 1.807) is 0 Å². The van der Waals surface area contributed by atoms with Crippen LogP contribution in [-0.2, 0) is 33.3 Å². The molecule has 3 fully saturated rings. The molecule has 0 saturated carbocycles. The first kappa shape index (κ1) is 32.9. The fourth-order valence-corrected chi connectivity index (χ4v) is 4.86. The lowest BCUT2D eigenvalue weighted by Gasteiger charge is -2.49. The number of rotatable bonds is 9. The van der Waals surface area contributed by atoms with Gasteiger partial charge in [-0.3, -0.25) is 9.59 Å². The SMILES string of the molecule is CC(=O)NC1C(OC2C(O)OC(CO)C(OC3OC(CO)[C@@H](O)[C@H](O)C3NC(C)=O)[C@@H]2O)OC(CO)[C@@H](O)[C@@H]1O. The summed E-state index contributed by atoms with van der Waals surface area (Å²) in [6.07, 6.45) is -21.3. The molecular formula is C22H38N2O16. The Bertz CT molecular complexity index is 854. The van der Waals surface area contributed by atoms with Crippen LogP contribution in [0.15, 0.2) is 0 Å². The molecule has 3 rings (SSSR count). The first-order valence-electron chi connectivity index (χ1n) is 12.6. The molecule has 15 atom stereocenters. The van der Waals surface area contributed by atoms with E-state index in [0.717, 1.165) is 13.8 Å². The second-order valence-electron chi connectivity index (χ2n) is 9.81. The smallest absolute Gasteiger partial charge is 0.217 e. The van der Waals surface area contributed by atoms with Crippen molar-refractivity contribution < 1.29 is 79.2 Å². The number of hydrogen-bond acceptors (Lipinski definition) is 16. The Morgan fingerprint density at radius 1 is 0.600 bits per heavy atom. The Hall–Kier alpha value is -1.62. The molecule has 18 nitrogen and oxygen atoms in total. The van der Waals surface area contributed by atoms with Crippen molar-refractivity contribution >= 4 is 11.8 Å². The van der Waals surface area contributed by atoms with Crippen LogP contribution in [-0.4, -0.2) is 170 Å². The Labute approximate surface area is 228 Å². The number of aliphatic hydroxyl groups excluding tert-OH is 9. The van der Waals surface area contributed by atoms with Gasteiger partial charge in [0.05, 0.1) is 19.8 Å². The quantitative estimate of drug-likeness (QED) is 0.120. The summed E-state index contributed by atoms with van der Waals surface area (Å²) in [5.74, 6) is -1.31. The van der Waals surface area contributed by atoms with Crippen molar-refractivity contribution in [3.63, 3.8) is 0 Å². The van der Waals surface area contributed by atoms with Crippen molar-refractivity contribution in [3.05, 3.63) is 0 Å². The number of hydrogen-bond donors (Lipinski definition) is 11. The summed E-state index contributed by atoms with van der Waals surface area (Å²) in [4.78, 5) is 23.4. The molecule has 18 heteroatoms. The Balaban J connectivity index is 1.86. The van der Waals surface area contributed by atoms with Gasteiger partial charge in [0.25, 0.3) is 0 Å². The second kappa shape index (κ2) is 14.0. The highest BCUT2D eigenvalue weighted by Gasteiger charge is 2.54. The zero-order valence-electron chi connectivity index (χ0n) is 21.7. The summed E-state index contributed by atoms with van der Waals surface area (Å²) in [7, 11) is 0. The van der Waals surface area contributed by atoms with Crippen molar-refractivity contribution in [1.29, 1.82) is 0 Å². The van der Waals surface area contributed by atoms with Gasteiger partial charge in [0.1, 0.15) is 73.1 Å². The fourth-order valence-electron chi connectivity index (χ4n) is 4.86. The van der Waals surface area contributed by atoms with E-state index < -0.39 is 124 Å². The molecule has 3 saturated heterocycles. The van der Waals surface area contributed by atoms with Crippen molar-refractivity contribution in [2.75, 3.05) is 19.8 Å². The summed E-state index contributed by atoms with van der Waals surface area (Å²) in [6.45, 7) is -0.114. The maximum atomic E-state index is 11.7. The van der Waals surface area contributed by atoms with Gasteiger partial charge in [-0.15, -0.1) is 0 Å². The molecule has 3 aliphatic rings. The minimum absolute atomic E-state index is 0.649. The number of nitrogens with one attached hydrogen (secondary N) is 2. The molecule has 40 heavy (non-hydrogen) atoms. The highest BCUT2D eigenvalue weighted by Crippen LogP contribution is 2.32. The van der Waals surface area contributed by atoms with E-state index in [1.165, 1.54) is 0 Å². The molecule has 0 aromatic carbocycles. The average Bonchev–Trinajstić information content (AvgIpc) is 2.90. The van der Waals surface area contributed by atoms with Gasteiger partial charge in [-0.1, -0.05) is 0 Å². The summed E-state index contributed by atoms with van der Waals surface area (Å²) < 4.78 is 27.7. The predicted octanol–water partition coefficient (Wildman–Crippen LogP) is -7.29. The monoisotopic (exact) mass is 586 g/mol. The Morgan fingerprint density at radius 2 is 1.00 bits per heavy atom. The summed E-state index contributed by atoms with van der Waals surface area (Å²) in [5.41, 5.74) is 0. The highest BCUT2D eigenvalue weighted by molar-refractivity contribution is 5.73. The largest absolute Gasteiger partial charge is 0.394 e. The van der Waals surface area contributed by atoms with Crippen LogP contribution in [0.2, 0.25) is 0 Å². The molecule has 0 bridgehead atoms. The third kappa shape index (κ3) is 7.05. The molecule has 0 aromatic heterocycles. The van der Waals surface area contributed by atoms with Gasteiger partial charge in [0.15, 0.2) is 18.9 Å². The van der Waals surface area contributed by atoms with E-state index >= 15 is 0 Å². The van der Waals surface area contributed by atoms with Gasteiger partial charge < -0.3 is 80.3 Å². The van der Waals surface area contributed by atoms with Gasteiger partial charge in [-0.05, 0) is 0 Å². The molecular weight excluding hydrogens is 548 g/mol. The van der Waals surface area contributed by atoms with Gasteiger partial charge in [0.2, 0.25) is 11.8 Å². The van der Waals surface area contributed by atoms with E-state index in [-0.39, 0.29) is 0 Å². The Morgan fingerprint density at radius 3 is 1.38 bits per heavy atom. The molecule has 0 spiro atoms. The number of amides is 2. The van der Waals surface area contributed by atoms with E-state index in [0.29, 0.717) is 0 Å². The van der Waals surface area contributed by atoms with Crippen LogP contribution in [0.4, 0.5) is 0 Å². The van der Waals surface area contributed by atoms with Crippen LogP contribution in [0.1, 0.15) is 13.8 Å². The van der Waals surface area contributed by atoms with Crippen LogP contribution >= 0.6 is 0 Å². The predicted molar refractivity (Wildman–Crippen MR) is 124 cm³/mol. The van der Waals surface area contributed by atoms with E-state index in [2.05, 4.69) is 10.6 Å². The summed E-state index contributed by atoms with van der Waals surface area (Å²) >= 11 is 0. The summed E-state index contributed by atoms with van der Waals surface area (Å²) in [6, 6.07) is -2.85.